The van der Waals surface area contributed by atoms with Crippen molar-refractivity contribution < 1.29 is 22.5 Å². The van der Waals surface area contributed by atoms with Crippen molar-refractivity contribution in [2.75, 3.05) is 10.0 Å². The number of amides is 1. The normalized spacial score (nSPS) is 11.0. The summed E-state index contributed by atoms with van der Waals surface area (Å²) in [6, 6.07) is 14.7. The summed E-state index contributed by atoms with van der Waals surface area (Å²) in [5, 5.41) is 13.4. The number of nitrogens with zero attached hydrogens (tertiary/aromatic N) is 1. The number of carbonyl (C=O) groups is 1. The first-order valence-electron chi connectivity index (χ1n) is 8.61. The van der Waals surface area contributed by atoms with Crippen molar-refractivity contribution in [3.8, 4) is 0 Å². The van der Waals surface area contributed by atoms with Gasteiger partial charge >= 0.3 is 0 Å². The van der Waals surface area contributed by atoms with Gasteiger partial charge in [-0.3, -0.25) is 19.6 Å². The van der Waals surface area contributed by atoms with Gasteiger partial charge in [0, 0.05) is 23.4 Å². The van der Waals surface area contributed by atoms with E-state index in [-0.39, 0.29) is 27.5 Å². The van der Waals surface area contributed by atoms with Gasteiger partial charge in [0.05, 0.1) is 15.5 Å². The van der Waals surface area contributed by atoms with Crippen LogP contribution < -0.4 is 10.0 Å². The summed E-state index contributed by atoms with van der Waals surface area (Å²) >= 11 is 0. The van der Waals surface area contributed by atoms with Crippen molar-refractivity contribution in [3.05, 3.63) is 93.8 Å². The quantitative estimate of drug-likeness (QED) is 0.452. The highest BCUT2D eigenvalue weighted by atomic mass is 32.2. The fraction of sp³-hybridized carbons (Fsp3) is 0.0500. The van der Waals surface area contributed by atoms with E-state index in [1.54, 1.807) is 6.92 Å². The Morgan fingerprint density at radius 2 is 1.77 bits per heavy atom. The predicted molar refractivity (Wildman–Crippen MR) is 109 cm³/mol. The van der Waals surface area contributed by atoms with Crippen LogP contribution in [-0.2, 0) is 10.0 Å². The largest absolute Gasteiger partial charge is 0.322 e. The van der Waals surface area contributed by atoms with Gasteiger partial charge in [0.1, 0.15) is 5.82 Å². The van der Waals surface area contributed by atoms with Crippen LogP contribution in [0.3, 0.4) is 0 Å². The Balaban J connectivity index is 1.88. The zero-order valence-electron chi connectivity index (χ0n) is 15.6. The molecule has 0 heterocycles. The summed E-state index contributed by atoms with van der Waals surface area (Å²) in [7, 11) is -4.14. The lowest BCUT2D eigenvalue weighted by Gasteiger charge is -2.13. The van der Waals surface area contributed by atoms with E-state index < -0.39 is 26.7 Å². The Labute approximate surface area is 171 Å². The molecule has 8 nitrogen and oxygen atoms in total. The Morgan fingerprint density at radius 3 is 2.47 bits per heavy atom. The highest BCUT2D eigenvalue weighted by molar-refractivity contribution is 7.92. The van der Waals surface area contributed by atoms with Gasteiger partial charge < -0.3 is 5.32 Å². The monoisotopic (exact) mass is 429 g/mol. The zero-order valence-corrected chi connectivity index (χ0v) is 16.4. The van der Waals surface area contributed by atoms with Gasteiger partial charge in [-0.25, -0.2) is 12.8 Å². The van der Waals surface area contributed by atoms with Crippen LogP contribution in [0.2, 0.25) is 0 Å². The summed E-state index contributed by atoms with van der Waals surface area (Å²) in [6.45, 7) is 1.56. The molecule has 0 aliphatic carbocycles. The third-order valence-electron chi connectivity index (χ3n) is 4.17. The van der Waals surface area contributed by atoms with Gasteiger partial charge in [0.25, 0.3) is 21.6 Å². The number of halogens is 1. The van der Waals surface area contributed by atoms with Gasteiger partial charge in [-0.15, -0.1) is 0 Å². The number of nitro groups is 1. The molecule has 1 amide bonds. The second-order valence-electron chi connectivity index (χ2n) is 6.33. The smallest absolute Gasteiger partial charge is 0.270 e. The number of anilines is 2. The first-order chi connectivity index (χ1) is 14.2. The summed E-state index contributed by atoms with van der Waals surface area (Å²) in [5.74, 6) is -1.37. The van der Waals surface area contributed by atoms with Crippen molar-refractivity contribution in [1.82, 2.24) is 0 Å². The van der Waals surface area contributed by atoms with Crippen molar-refractivity contribution in [2.45, 2.75) is 11.8 Å². The molecular formula is C20H16FN3O5S. The molecule has 0 aliphatic rings. The number of hydrogen-bond donors (Lipinski definition) is 2. The Kier molecular flexibility index (Phi) is 5.79. The van der Waals surface area contributed by atoms with Gasteiger partial charge in [-0.05, 0) is 42.8 Å². The average molecular weight is 429 g/mol. The Hall–Kier alpha value is -3.79. The van der Waals surface area contributed by atoms with Crippen molar-refractivity contribution >= 4 is 33.0 Å². The number of hydrogen-bond acceptors (Lipinski definition) is 5. The lowest BCUT2D eigenvalue weighted by atomic mass is 10.1. The first-order valence-corrected chi connectivity index (χ1v) is 10.1. The number of nitrogens with one attached hydrogen (secondary N) is 2. The number of sulfonamides is 1. The molecule has 0 aliphatic heterocycles. The second kappa shape index (κ2) is 8.29. The molecule has 3 aromatic rings. The molecule has 30 heavy (non-hydrogen) atoms. The number of non-ortho nitro benzene ring substituents is 1. The third kappa shape index (κ3) is 4.61. The van der Waals surface area contributed by atoms with Crippen molar-refractivity contribution in [2.24, 2.45) is 0 Å². The molecule has 0 saturated carbocycles. The minimum absolute atomic E-state index is 0.0404. The van der Waals surface area contributed by atoms with Crippen LogP contribution in [0.25, 0.3) is 0 Å². The fourth-order valence-corrected chi connectivity index (χ4v) is 4.01. The average Bonchev–Trinajstić information content (AvgIpc) is 2.71. The summed E-state index contributed by atoms with van der Waals surface area (Å²) in [4.78, 5) is 22.5. The van der Waals surface area contributed by atoms with E-state index in [2.05, 4.69) is 10.0 Å². The number of nitro benzene ring substituents is 1. The molecule has 3 aromatic carbocycles. The molecule has 0 aromatic heterocycles. The molecule has 10 heteroatoms. The molecule has 0 radical (unpaired) electrons. The van der Waals surface area contributed by atoms with E-state index in [1.165, 1.54) is 54.6 Å². The van der Waals surface area contributed by atoms with Crippen molar-refractivity contribution in [1.29, 1.82) is 0 Å². The maximum Gasteiger partial charge on any atom is 0.270 e. The standard InChI is InChI=1S/C20H16FN3O5S/c1-13-9-10-15(22-20(25)14-5-4-6-16(11-14)24(26)27)12-19(13)30(28,29)23-18-8-3-2-7-17(18)21/h2-12,23H,1H3,(H,22,25). The number of benzene rings is 3. The second-order valence-corrected chi connectivity index (χ2v) is 7.98. The predicted octanol–water partition coefficient (Wildman–Crippen LogP) is 4.10. The Morgan fingerprint density at radius 1 is 1.03 bits per heavy atom. The van der Waals surface area contributed by atoms with Crippen LogP contribution >= 0.6 is 0 Å². The van der Waals surface area contributed by atoms with E-state index in [9.17, 15) is 27.7 Å². The SMILES string of the molecule is Cc1ccc(NC(=O)c2cccc([N+](=O)[O-])c2)cc1S(=O)(=O)Nc1ccccc1F. The van der Waals surface area contributed by atoms with E-state index in [0.717, 1.165) is 12.1 Å². The minimum Gasteiger partial charge on any atom is -0.322 e. The van der Waals surface area contributed by atoms with Crippen LogP contribution in [0.4, 0.5) is 21.5 Å². The molecule has 0 spiro atoms. The topological polar surface area (TPSA) is 118 Å². The van der Waals surface area contributed by atoms with Gasteiger partial charge in [0.2, 0.25) is 0 Å². The molecule has 0 atom stereocenters. The maximum absolute atomic E-state index is 13.8. The van der Waals surface area contributed by atoms with E-state index in [0.29, 0.717) is 5.56 Å². The molecule has 0 unspecified atom stereocenters. The van der Waals surface area contributed by atoms with Gasteiger partial charge in [0.15, 0.2) is 0 Å². The molecular weight excluding hydrogens is 413 g/mol. The summed E-state index contributed by atoms with van der Waals surface area (Å²) in [5.41, 5.74) is 0.128. The molecule has 2 N–H and O–H groups in total. The van der Waals surface area contributed by atoms with Crippen LogP contribution in [0, 0.1) is 22.9 Å². The van der Waals surface area contributed by atoms with Crippen LogP contribution in [0.5, 0.6) is 0 Å². The number of rotatable bonds is 6. The van der Waals surface area contributed by atoms with Gasteiger partial charge in [-0.1, -0.05) is 24.3 Å². The maximum atomic E-state index is 13.8. The van der Waals surface area contributed by atoms with Gasteiger partial charge in [-0.2, -0.15) is 0 Å². The summed E-state index contributed by atoms with van der Waals surface area (Å²) < 4.78 is 41.5. The third-order valence-corrected chi connectivity index (χ3v) is 5.68. The minimum atomic E-state index is -4.14. The number of carbonyl (C=O) groups excluding carboxylic acids is 1. The lowest BCUT2D eigenvalue weighted by molar-refractivity contribution is -0.384. The first kappa shape index (κ1) is 20.9. The highest BCUT2D eigenvalue weighted by Crippen LogP contribution is 2.25. The molecule has 154 valence electrons. The molecule has 0 bridgehead atoms. The van der Waals surface area contributed by atoms with Crippen molar-refractivity contribution in [3.63, 3.8) is 0 Å². The van der Waals surface area contributed by atoms with Crippen LogP contribution in [0.15, 0.2) is 71.6 Å². The van der Waals surface area contributed by atoms with E-state index in [4.69, 9.17) is 0 Å². The molecule has 3 rings (SSSR count). The lowest BCUT2D eigenvalue weighted by Crippen LogP contribution is -2.17. The summed E-state index contributed by atoms with van der Waals surface area (Å²) in [6.07, 6.45) is 0. The fourth-order valence-electron chi connectivity index (χ4n) is 2.68. The zero-order chi connectivity index (χ0) is 21.9. The molecule has 0 saturated heterocycles. The number of para-hydroxylation sites is 1. The highest BCUT2D eigenvalue weighted by Gasteiger charge is 2.20. The van der Waals surface area contributed by atoms with Crippen LogP contribution in [0.1, 0.15) is 15.9 Å². The van der Waals surface area contributed by atoms with E-state index in [1.807, 2.05) is 0 Å². The van der Waals surface area contributed by atoms with Crippen LogP contribution in [-0.4, -0.2) is 19.2 Å². The Bertz CT molecular complexity index is 1240. The molecule has 0 fully saturated rings. The number of aryl methyl sites for hydroxylation is 1. The van der Waals surface area contributed by atoms with E-state index >= 15 is 0 Å².